The van der Waals surface area contributed by atoms with Crippen LogP contribution < -0.4 is 5.56 Å². The molecular weight excluding hydrogens is 217 g/mol. The van der Waals surface area contributed by atoms with E-state index in [1.54, 1.807) is 6.92 Å². The number of ether oxygens (including phenoxy) is 1. The first-order valence-corrected chi connectivity index (χ1v) is 4.77. The third kappa shape index (κ3) is 2.90. The molecule has 0 unspecified atom stereocenters. The number of carboxylic acids is 1. The predicted molar refractivity (Wildman–Crippen MR) is 54.1 cm³/mol. The SMILES string of the molecule is CCOCCn1cc(C(=O)O)cc(F)c1=O. The molecule has 0 aliphatic rings. The van der Waals surface area contributed by atoms with E-state index in [9.17, 15) is 14.0 Å². The van der Waals surface area contributed by atoms with Crippen molar-refractivity contribution >= 4 is 5.97 Å². The minimum Gasteiger partial charge on any atom is -0.478 e. The molecule has 16 heavy (non-hydrogen) atoms. The number of pyridine rings is 1. The topological polar surface area (TPSA) is 68.5 Å². The molecule has 0 aliphatic heterocycles. The molecule has 1 rings (SSSR count). The number of rotatable bonds is 5. The van der Waals surface area contributed by atoms with Crippen molar-refractivity contribution in [2.75, 3.05) is 13.2 Å². The van der Waals surface area contributed by atoms with Gasteiger partial charge in [0.25, 0.3) is 5.56 Å². The Bertz CT molecular complexity index is 441. The van der Waals surface area contributed by atoms with Crippen molar-refractivity contribution in [1.29, 1.82) is 0 Å². The maximum Gasteiger partial charge on any atom is 0.337 e. The van der Waals surface area contributed by atoms with Gasteiger partial charge < -0.3 is 14.4 Å². The van der Waals surface area contributed by atoms with Gasteiger partial charge in [0, 0.05) is 19.3 Å². The zero-order chi connectivity index (χ0) is 12.1. The number of hydrogen-bond acceptors (Lipinski definition) is 3. The molecule has 5 nitrogen and oxygen atoms in total. The zero-order valence-electron chi connectivity index (χ0n) is 8.77. The molecule has 0 aliphatic carbocycles. The molecule has 1 aromatic heterocycles. The normalized spacial score (nSPS) is 10.4. The predicted octanol–water partition coefficient (Wildman–Crippen LogP) is 0.722. The van der Waals surface area contributed by atoms with Crippen molar-refractivity contribution < 1.29 is 19.0 Å². The standard InChI is InChI=1S/C10H12FNO4/c1-2-16-4-3-12-6-7(10(14)15)5-8(11)9(12)13/h5-6H,2-4H2,1H3,(H,14,15). The summed E-state index contributed by atoms with van der Waals surface area (Å²) in [7, 11) is 0. The number of nitrogens with zero attached hydrogens (tertiary/aromatic N) is 1. The van der Waals surface area contributed by atoms with E-state index in [1.165, 1.54) is 0 Å². The van der Waals surface area contributed by atoms with Crippen molar-refractivity contribution in [2.45, 2.75) is 13.5 Å². The molecule has 0 radical (unpaired) electrons. The van der Waals surface area contributed by atoms with Crippen molar-refractivity contribution in [3.8, 4) is 0 Å². The summed E-state index contributed by atoms with van der Waals surface area (Å²) >= 11 is 0. The van der Waals surface area contributed by atoms with E-state index < -0.39 is 17.3 Å². The first kappa shape index (κ1) is 12.4. The quantitative estimate of drug-likeness (QED) is 0.755. The lowest BCUT2D eigenvalue weighted by Gasteiger charge is -2.06. The monoisotopic (exact) mass is 229 g/mol. The molecule has 0 atom stereocenters. The Morgan fingerprint density at radius 3 is 2.88 bits per heavy atom. The van der Waals surface area contributed by atoms with Gasteiger partial charge in [0.05, 0.1) is 12.2 Å². The van der Waals surface area contributed by atoms with Crippen LogP contribution in [0.5, 0.6) is 0 Å². The van der Waals surface area contributed by atoms with Crippen molar-refractivity contribution in [3.63, 3.8) is 0 Å². The van der Waals surface area contributed by atoms with Crippen LogP contribution in [-0.2, 0) is 11.3 Å². The molecule has 1 aromatic rings. The number of aromatic nitrogens is 1. The maximum atomic E-state index is 13.1. The Morgan fingerprint density at radius 2 is 2.31 bits per heavy atom. The lowest BCUT2D eigenvalue weighted by Crippen LogP contribution is -2.26. The molecular formula is C10H12FNO4. The molecule has 0 spiro atoms. The number of carboxylic acid groups (broad SMARTS) is 1. The molecule has 0 aromatic carbocycles. The van der Waals surface area contributed by atoms with Crippen LogP contribution in [0.2, 0.25) is 0 Å². The van der Waals surface area contributed by atoms with Gasteiger partial charge in [-0.15, -0.1) is 0 Å². The molecule has 0 saturated heterocycles. The first-order valence-electron chi connectivity index (χ1n) is 4.77. The molecule has 6 heteroatoms. The Kier molecular flexibility index (Phi) is 4.19. The van der Waals surface area contributed by atoms with Crippen LogP contribution in [0, 0.1) is 5.82 Å². The van der Waals surface area contributed by atoms with Gasteiger partial charge in [0.15, 0.2) is 5.82 Å². The summed E-state index contributed by atoms with van der Waals surface area (Å²) in [5.74, 6) is -2.35. The van der Waals surface area contributed by atoms with E-state index in [4.69, 9.17) is 9.84 Å². The summed E-state index contributed by atoms with van der Waals surface area (Å²) in [6.07, 6.45) is 1.10. The Morgan fingerprint density at radius 1 is 1.62 bits per heavy atom. The molecule has 1 N–H and O–H groups in total. The van der Waals surface area contributed by atoms with Crippen LogP contribution >= 0.6 is 0 Å². The smallest absolute Gasteiger partial charge is 0.337 e. The van der Waals surface area contributed by atoms with Crippen LogP contribution in [0.4, 0.5) is 4.39 Å². The average molecular weight is 229 g/mol. The Labute approximate surface area is 91.1 Å². The number of hydrogen-bond donors (Lipinski definition) is 1. The van der Waals surface area contributed by atoms with Crippen molar-refractivity contribution in [1.82, 2.24) is 4.57 Å². The van der Waals surface area contributed by atoms with Gasteiger partial charge in [-0.1, -0.05) is 0 Å². The van der Waals surface area contributed by atoms with Crippen molar-refractivity contribution in [3.05, 3.63) is 34.0 Å². The number of aromatic carboxylic acids is 1. The highest BCUT2D eigenvalue weighted by molar-refractivity contribution is 5.87. The van der Waals surface area contributed by atoms with Gasteiger partial charge in [-0.25, -0.2) is 9.18 Å². The minimum atomic E-state index is -1.27. The highest BCUT2D eigenvalue weighted by Gasteiger charge is 2.10. The van der Waals surface area contributed by atoms with E-state index >= 15 is 0 Å². The fraction of sp³-hybridized carbons (Fsp3) is 0.400. The number of halogens is 1. The van der Waals surface area contributed by atoms with Gasteiger partial charge >= 0.3 is 5.97 Å². The van der Waals surface area contributed by atoms with Gasteiger partial charge in [-0.2, -0.15) is 0 Å². The molecule has 0 fully saturated rings. The molecule has 1 heterocycles. The fourth-order valence-corrected chi connectivity index (χ4v) is 1.19. The summed E-state index contributed by atoms with van der Waals surface area (Å²) < 4.78 is 19.1. The molecule has 0 saturated carbocycles. The highest BCUT2D eigenvalue weighted by Crippen LogP contribution is 1.99. The van der Waals surface area contributed by atoms with Crippen LogP contribution in [-0.4, -0.2) is 28.9 Å². The minimum absolute atomic E-state index is 0.130. The Hall–Kier alpha value is -1.69. The lowest BCUT2D eigenvalue weighted by atomic mass is 10.3. The van der Waals surface area contributed by atoms with Gasteiger partial charge in [0.2, 0.25) is 0 Å². The van der Waals surface area contributed by atoms with Crippen LogP contribution in [0.1, 0.15) is 17.3 Å². The summed E-state index contributed by atoms with van der Waals surface area (Å²) in [5, 5.41) is 8.68. The summed E-state index contributed by atoms with van der Waals surface area (Å²) in [4.78, 5) is 21.9. The van der Waals surface area contributed by atoms with E-state index in [2.05, 4.69) is 0 Å². The average Bonchev–Trinajstić information content (AvgIpc) is 2.24. The zero-order valence-corrected chi connectivity index (χ0v) is 8.77. The second-order valence-electron chi connectivity index (χ2n) is 3.08. The first-order chi connectivity index (χ1) is 7.56. The third-order valence-electron chi connectivity index (χ3n) is 1.97. The molecule has 0 bridgehead atoms. The van der Waals surface area contributed by atoms with E-state index in [0.29, 0.717) is 12.7 Å². The van der Waals surface area contributed by atoms with Gasteiger partial charge in [-0.05, 0) is 13.0 Å². The summed E-state index contributed by atoms with van der Waals surface area (Å²) in [5.41, 5.74) is -1.10. The summed E-state index contributed by atoms with van der Waals surface area (Å²) in [6, 6.07) is 0.710. The molecule has 0 amide bonds. The number of carbonyl (C=O) groups is 1. The molecule has 88 valence electrons. The van der Waals surface area contributed by atoms with Gasteiger partial charge in [-0.3, -0.25) is 4.79 Å². The fourth-order valence-electron chi connectivity index (χ4n) is 1.19. The second kappa shape index (κ2) is 5.41. The highest BCUT2D eigenvalue weighted by atomic mass is 19.1. The third-order valence-corrected chi connectivity index (χ3v) is 1.97. The van der Waals surface area contributed by atoms with E-state index in [1.807, 2.05) is 0 Å². The summed E-state index contributed by atoms with van der Waals surface area (Å²) in [6.45, 7) is 2.64. The lowest BCUT2D eigenvalue weighted by molar-refractivity contribution is 0.0694. The van der Waals surface area contributed by atoms with Crippen molar-refractivity contribution in [2.24, 2.45) is 0 Å². The van der Waals surface area contributed by atoms with E-state index in [-0.39, 0.29) is 18.7 Å². The van der Waals surface area contributed by atoms with Crippen LogP contribution in [0.3, 0.4) is 0 Å². The van der Waals surface area contributed by atoms with Gasteiger partial charge in [0.1, 0.15) is 0 Å². The van der Waals surface area contributed by atoms with E-state index in [0.717, 1.165) is 10.8 Å². The van der Waals surface area contributed by atoms with Crippen LogP contribution in [0.25, 0.3) is 0 Å². The second-order valence-corrected chi connectivity index (χ2v) is 3.08. The largest absolute Gasteiger partial charge is 0.478 e. The van der Waals surface area contributed by atoms with Crippen LogP contribution in [0.15, 0.2) is 17.1 Å². The maximum absolute atomic E-state index is 13.1. The Balaban J connectivity index is 2.98.